The van der Waals surface area contributed by atoms with Gasteiger partial charge >= 0.3 is 0 Å². The van der Waals surface area contributed by atoms with Crippen LogP contribution < -0.4 is 10.1 Å². The lowest BCUT2D eigenvalue weighted by atomic mass is 10.1. The van der Waals surface area contributed by atoms with Crippen LogP contribution in [0, 0.1) is 5.82 Å². The molecule has 0 radical (unpaired) electrons. The Hall–Kier alpha value is -2.66. The zero-order valence-corrected chi connectivity index (χ0v) is 15.7. The lowest BCUT2D eigenvalue weighted by Crippen LogP contribution is -2.36. The van der Waals surface area contributed by atoms with Gasteiger partial charge in [-0.2, -0.15) is 0 Å². The predicted molar refractivity (Wildman–Crippen MR) is 104 cm³/mol. The summed E-state index contributed by atoms with van der Waals surface area (Å²) in [6, 6.07) is 14.6. The molecule has 0 spiro atoms. The fraction of sp³-hybridized carbons (Fsp3) is 0.318. The lowest BCUT2D eigenvalue weighted by molar-refractivity contribution is -0.116. The molecule has 0 fully saturated rings. The van der Waals surface area contributed by atoms with E-state index in [-0.39, 0.29) is 11.7 Å². The molecule has 0 saturated heterocycles. The third-order valence-corrected chi connectivity index (χ3v) is 4.46. The summed E-state index contributed by atoms with van der Waals surface area (Å²) < 4.78 is 20.5. The van der Waals surface area contributed by atoms with Crippen LogP contribution in [0.4, 0.5) is 4.39 Å². The number of rotatable bonds is 5. The molecule has 27 heavy (non-hydrogen) atoms. The van der Waals surface area contributed by atoms with Crippen LogP contribution in [0.15, 0.2) is 60.2 Å². The van der Waals surface area contributed by atoms with E-state index in [0.717, 1.165) is 16.9 Å². The maximum atomic E-state index is 14.3. The fourth-order valence-corrected chi connectivity index (χ4v) is 3.20. The smallest absolute Gasteiger partial charge is 0.243 e. The largest absolute Gasteiger partial charge is 0.484 e. The van der Waals surface area contributed by atoms with E-state index in [0.29, 0.717) is 31.7 Å². The summed E-state index contributed by atoms with van der Waals surface area (Å²) in [6.07, 6.45) is 1.19. The molecule has 1 N–H and O–H groups in total. The Labute approximate surface area is 159 Å². The fourth-order valence-electron chi connectivity index (χ4n) is 3.20. The van der Waals surface area contributed by atoms with E-state index in [9.17, 15) is 9.18 Å². The summed E-state index contributed by atoms with van der Waals surface area (Å²) in [5.74, 6) is 0.424. The minimum atomic E-state index is -0.400. The van der Waals surface area contributed by atoms with E-state index in [1.165, 1.54) is 6.07 Å². The molecule has 0 aromatic heterocycles. The summed E-state index contributed by atoms with van der Waals surface area (Å²) in [5, 5.41) is 2.90. The molecule has 4 nitrogen and oxygen atoms in total. The maximum absolute atomic E-state index is 14.3. The van der Waals surface area contributed by atoms with Crippen molar-refractivity contribution in [3.63, 3.8) is 0 Å². The Morgan fingerprint density at radius 2 is 1.96 bits per heavy atom. The molecule has 1 heterocycles. The molecule has 1 amide bonds. The number of nitrogens with zero attached hydrogens (tertiary/aromatic N) is 1. The molecular weight excluding hydrogens is 343 g/mol. The molecule has 0 saturated carbocycles. The van der Waals surface area contributed by atoms with Gasteiger partial charge in [-0.1, -0.05) is 42.0 Å². The number of hydrogen-bond donors (Lipinski definition) is 1. The maximum Gasteiger partial charge on any atom is 0.243 e. The van der Waals surface area contributed by atoms with Gasteiger partial charge in [-0.3, -0.25) is 9.69 Å². The summed E-state index contributed by atoms with van der Waals surface area (Å²) in [5.41, 5.74) is 2.57. The first-order chi connectivity index (χ1) is 13.0. The van der Waals surface area contributed by atoms with E-state index >= 15 is 0 Å². The van der Waals surface area contributed by atoms with Crippen molar-refractivity contribution in [3.8, 4) is 5.75 Å². The Morgan fingerprint density at radius 1 is 1.22 bits per heavy atom. The van der Waals surface area contributed by atoms with Crippen LogP contribution in [-0.2, 0) is 11.3 Å². The van der Waals surface area contributed by atoms with Crippen LogP contribution in [0.2, 0.25) is 0 Å². The molecule has 2 aromatic rings. The van der Waals surface area contributed by atoms with Crippen LogP contribution in [0.1, 0.15) is 31.1 Å². The van der Waals surface area contributed by atoms with Crippen LogP contribution in [0.25, 0.3) is 0 Å². The number of amides is 1. The highest BCUT2D eigenvalue weighted by Gasteiger charge is 2.25. The first kappa shape index (κ1) is 19.1. The van der Waals surface area contributed by atoms with Gasteiger partial charge in [-0.05, 0) is 26.0 Å². The van der Waals surface area contributed by atoms with Crippen molar-refractivity contribution < 1.29 is 13.9 Å². The van der Waals surface area contributed by atoms with E-state index in [2.05, 4.69) is 10.2 Å². The number of hydrogen-bond acceptors (Lipinski definition) is 3. The molecule has 1 atom stereocenters. The van der Waals surface area contributed by atoms with Crippen molar-refractivity contribution in [1.82, 2.24) is 10.2 Å². The lowest BCUT2D eigenvalue weighted by Gasteiger charge is -2.24. The number of para-hydroxylation sites is 1. The van der Waals surface area contributed by atoms with Crippen molar-refractivity contribution in [2.45, 2.75) is 26.5 Å². The topological polar surface area (TPSA) is 41.6 Å². The number of allylic oxidation sites excluding steroid dienone is 1. The number of nitrogens with one attached hydrogen (secondary N) is 1. The average molecular weight is 368 g/mol. The first-order valence-electron chi connectivity index (χ1n) is 9.17. The molecule has 0 aliphatic carbocycles. The van der Waals surface area contributed by atoms with E-state index in [4.69, 9.17) is 4.74 Å². The Balaban J connectivity index is 1.75. The van der Waals surface area contributed by atoms with Gasteiger partial charge in [0.25, 0.3) is 0 Å². The highest BCUT2D eigenvalue weighted by atomic mass is 19.1. The molecule has 0 bridgehead atoms. The van der Waals surface area contributed by atoms with Gasteiger partial charge < -0.3 is 10.1 Å². The third kappa shape index (κ3) is 5.17. The van der Waals surface area contributed by atoms with Crippen LogP contribution in [-0.4, -0.2) is 30.4 Å². The molecule has 2 aromatic carbocycles. The minimum Gasteiger partial charge on any atom is -0.484 e. The van der Waals surface area contributed by atoms with Gasteiger partial charge in [0.2, 0.25) is 5.91 Å². The van der Waals surface area contributed by atoms with Gasteiger partial charge in [0, 0.05) is 43.4 Å². The quantitative estimate of drug-likeness (QED) is 0.815. The van der Waals surface area contributed by atoms with Crippen molar-refractivity contribution in [2.24, 2.45) is 0 Å². The molecular formula is C22H25FN2O2. The first-order valence-corrected chi connectivity index (χ1v) is 9.17. The molecule has 1 aliphatic rings. The monoisotopic (exact) mass is 368 g/mol. The second-order valence-electron chi connectivity index (χ2n) is 6.98. The molecule has 142 valence electrons. The Kier molecular flexibility index (Phi) is 6.24. The summed E-state index contributed by atoms with van der Waals surface area (Å²) in [4.78, 5) is 14.0. The van der Waals surface area contributed by atoms with Gasteiger partial charge in [0.05, 0.1) is 0 Å². The SMILES string of the molecule is CC(C)=CC(=O)NCCN1Cc2ccccc2OC(c2ccccc2F)C1. The van der Waals surface area contributed by atoms with E-state index in [1.54, 1.807) is 18.2 Å². The second-order valence-corrected chi connectivity index (χ2v) is 6.98. The van der Waals surface area contributed by atoms with Crippen molar-refractivity contribution >= 4 is 5.91 Å². The van der Waals surface area contributed by atoms with Gasteiger partial charge in [-0.15, -0.1) is 0 Å². The molecule has 5 heteroatoms. The Bertz CT molecular complexity index is 831. The van der Waals surface area contributed by atoms with Crippen molar-refractivity contribution in [2.75, 3.05) is 19.6 Å². The van der Waals surface area contributed by atoms with Gasteiger partial charge in [-0.25, -0.2) is 4.39 Å². The van der Waals surface area contributed by atoms with Gasteiger partial charge in [0.15, 0.2) is 0 Å². The predicted octanol–water partition coefficient (Wildman–Crippen LogP) is 3.84. The third-order valence-electron chi connectivity index (χ3n) is 4.46. The van der Waals surface area contributed by atoms with Crippen molar-refractivity contribution in [1.29, 1.82) is 0 Å². The standard InChI is InChI=1S/C22H25FN2O2/c1-16(2)13-22(26)24-11-12-25-14-17-7-3-6-10-20(17)27-21(15-25)18-8-4-5-9-19(18)23/h3-10,13,21H,11-12,14-15H2,1-2H3,(H,24,26). The summed E-state index contributed by atoms with van der Waals surface area (Å²) in [6.45, 7) is 6.21. The number of halogens is 1. The summed E-state index contributed by atoms with van der Waals surface area (Å²) >= 11 is 0. The minimum absolute atomic E-state index is 0.0906. The molecule has 1 aliphatic heterocycles. The molecule has 3 rings (SSSR count). The number of carbonyl (C=O) groups is 1. The summed E-state index contributed by atoms with van der Waals surface area (Å²) in [7, 11) is 0. The highest BCUT2D eigenvalue weighted by molar-refractivity contribution is 5.87. The highest BCUT2D eigenvalue weighted by Crippen LogP contribution is 2.31. The average Bonchev–Trinajstić information content (AvgIpc) is 2.80. The van der Waals surface area contributed by atoms with Crippen LogP contribution in [0.3, 0.4) is 0 Å². The normalized spacial score (nSPS) is 16.6. The Morgan fingerprint density at radius 3 is 2.74 bits per heavy atom. The number of benzene rings is 2. The molecule has 1 unspecified atom stereocenters. The van der Waals surface area contributed by atoms with Crippen LogP contribution in [0.5, 0.6) is 5.75 Å². The van der Waals surface area contributed by atoms with E-state index < -0.39 is 6.10 Å². The van der Waals surface area contributed by atoms with Crippen molar-refractivity contribution in [3.05, 3.63) is 77.1 Å². The number of fused-ring (bicyclic) bond motifs is 1. The van der Waals surface area contributed by atoms with Crippen LogP contribution >= 0.6 is 0 Å². The zero-order valence-electron chi connectivity index (χ0n) is 15.7. The zero-order chi connectivity index (χ0) is 19.2. The van der Waals surface area contributed by atoms with Gasteiger partial charge in [0.1, 0.15) is 17.7 Å². The van der Waals surface area contributed by atoms with E-state index in [1.807, 2.05) is 44.2 Å². The second kappa shape index (κ2) is 8.82. The number of carbonyl (C=O) groups excluding carboxylic acids is 1. The number of ether oxygens (including phenoxy) is 1.